The van der Waals surface area contributed by atoms with Crippen LogP contribution in [0.25, 0.3) is 21.2 Å². The summed E-state index contributed by atoms with van der Waals surface area (Å²) in [5.41, 5.74) is 2.60. The zero-order valence-electron chi connectivity index (χ0n) is 15.8. The van der Waals surface area contributed by atoms with Gasteiger partial charge in [0.2, 0.25) is 5.76 Å². The minimum Gasteiger partial charge on any atom is -0.450 e. The number of thiophene rings is 1. The first-order valence-electron chi connectivity index (χ1n) is 9.42. The number of carbonyl (C=O) groups excluding carboxylic acids is 1. The van der Waals surface area contributed by atoms with E-state index in [0.29, 0.717) is 21.7 Å². The smallest absolute Gasteiger partial charge is 0.297 e. The van der Waals surface area contributed by atoms with Crippen LogP contribution in [0, 0.1) is 6.92 Å². The van der Waals surface area contributed by atoms with Crippen LogP contribution in [-0.2, 0) is 0 Å². The second-order valence-corrected chi connectivity index (χ2v) is 9.22. The Labute approximate surface area is 178 Å². The van der Waals surface area contributed by atoms with Crippen LogP contribution in [0.5, 0.6) is 0 Å². The Balaban J connectivity index is 1.64. The molecule has 0 radical (unpaired) electrons. The van der Waals surface area contributed by atoms with Crippen molar-refractivity contribution in [2.24, 2.45) is 0 Å². The van der Waals surface area contributed by atoms with Gasteiger partial charge < -0.3 is 4.42 Å². The highest BCUT2D eigenvalue weighted by Crippen LogP contribution is 2.44. The second-order valence-electron chi connectivity index (χ2n) is 7.23. The van der Waals surface area contributed by atoms with Crippen molar-refractivity contribution in [3.05, 3.63) is 92.0 Å². The molecule has 0 spiro atoms. The summed E-state index contributed by atoms with van der Waals surface area (Å²) >= 11 is 2.96. The van der Waals surface area contributed by atoms with E-state index in [9.17, 15) is 9.59 Å². The number of carbonyl (C=O) groups is 1. The molecular formula is C23H14N2O3S2. The summed E-state index contributed by atoms with van der Waals surface area (Å²) in [4.78, 5) is 34.1. The molecule has 0 aliphatic carbocycles. The molecule has 6 rings (SSSR count). The van der Waals surface area contributed by atoms with E-state index < -0.39 is 6.04 Å². The largest absolute Gasteiger partial charge is 0.450 e. The maximum atomic E-state index is 13.5. The highest BCUT2D eigenvalue weighted by atomic mass is 32.1. The lowest BCUT2D eigenvalue weighted by Crippen LogP contribution is -2.28. The molecule has 30 heavy (non-hydrogen) atoms. The average Bonchev–Trinajstić information content (AvgIpc) is 3.46. The standard InChI is InChI=1S/C23H14N2O3S2/c1-12-8-9-14-17(11-12)30-23(24-14)25-19(16-7-4-10-29-16)18-20(26)13-5-2-3-6-15(13)28-21(18)22(25)27/h2-11,19H,1H3. The number of rotatable bonds is 2. The Morgan fingerprint density at radius 3 is 2.77 bits per heavy atom. The maximum Gasteiger partial charge on any atom is 0.297 e. The lowest BCUT2D eigenvalue weighted by Gasteiger charge is -2.20. The molecule has 0 saturated carbocycles. The van der Waals surface area contributed by atoms with Crippen LogP contribution in [0.1, 0.15) is 32.6 Å². The van der Waals surface area contributed by atoms with E-state index in [1.807, 2.05) is 36.6 Å². The number of aryl methyl sites for hydroxylation is 1. The zero-order chi connectivity index (χ0) is 20.4. The highest BCUT2D eigenvalue weighted by Gasteiger charge is 2.45. The fraction of sp³-hybridized carbons (Fsp3) is 0.0870. The Bertz CT molecular complexity index is 1520. The summed E-state index contributed by atoms with van der Waals surface area (Å²) in [5, 5.41) is 2.99. The molecule has 0 N–H and O–H groups in total. The van der Waals surface area contributed by atoms with Crippen LogP contribution in [0.15, 0.2) is 69.2 Å². The van der Waals surface area contributed by atoms with Gasteiger partial charge in [-0.3, -0.25) is 14.5 Å². The summed E-state index contributed by atoms with van der Waals surface area (Å²) in [7, 11) is 0. The number of para-hydroxylation sites is 1. The molecule has 1 unspecified atom stereocenters. The first-order chi connectivity index (χ1) is 14.6. The molecule has 3 aromatic heterocycles. The van der Waals surface area contributed by atoms with Crippen LogP contribution in [0.2, 0.25) is 0 Å². The van der Waals surface area contributed by atoms with Crippen molar-refractivity contribution in [3.8, 4) is 0 Å². The molecule has 0 bridgehead atoms. The molecule has 4 heterocycles. The van der Waals surface area contributed by atoms with E-state index in [-0.39, 0.29) is 17.1 Å². The van der Waals surface area contributed by atoms with Gasteiger partial charge in [0.25, 0.3) is 5.91 Å². The zero-order valence-corrected chi connectivity index (χ0v) is 17.4. The fourth-order valence-corrected chi connectivity index (χ4v) is 5.87. The van der Waals surface area contributed by atoms with Crippen LogP contribution in [-0.4, -0.2) is 10.9 Å². The number of hydrogen-bond donors (Lipinski definition) is 0. The predicted octanol–water partition coefficient (Wildman–Crippen LogP) is 5.52. The third-order valence-corrected chi connectivity index (χ3v) is 7.27. The normalized spacial score (nSPS) is 16.0. The quantitative estimate of drug-likeness (QED) is 0.370. The molecule has 2 aromatic carbocycles. The first-order valence-corrected chi connectivity index (χ1v) is 11.1. The van der Waals surface area contributed by atoms with Crippen LogP contribution in [0.3, 0.4) is 0 Å². The minimum atomic E-state index is -0.546. The molecule has 0 fully saturated rings. The molecule has 0 saturated heterocycles. The summed E-state index contributed by atoms with van der Waals surface area (Å²) < 4.78 is 6.96. The predicted molar refractivity (Wildman–Crippen MR) is 120 cm³/mol. The fourth-order valence-electron chi connectivity index (χ4n) is 3.96. The number of anilines is 1. The van der Waals surface area contributed by atoms with Gasteiger partial charge >= 0.3 is 0 Å². The van der Waals surface area contributed by atoms with Gasteiger partial charge in [-0.15, -0.1) is 11.3 Å². The molecule has 1 aliphatic heterocycles. The van der Waals surface area contributed by atoms with E-state index >= 15 is 0 Å². The Morgan fingerprint density at radius 2 is 1.93 bits per heavy atom. The summed E-state index contributed by atoms with van der Waals surface area (Å²) in [6.45, 7) is 2.03. The third-order valence-electron chi connectivity index (χ3n) is 5.33. The molecular weight excluding hydrogens is 416 g/mol. The molecule has 1 amide bonds. The molecule has 5 aromatic rings. The van der Waals surface area contributed by atoms with Crippen molar-refractivity contribution < 1.29 is 9.21 Å². The van der Waals surface area contributed by atoms with Gasteiger partial charge in [0.05, 0.1) is 21.2 Å². The van der Waals surface area contributed by atoms with E-state index in [2.05, 4.69) is 6.07 Å². The minimum absolute atomic E-state index is 0.104. The van der Waals surface area contributed by atoms with Gasteiger partial charge in [0.1, 0.15) is 11.6 Å². The maximum absolute atomic E-state index is 13.5. The molecule has 146 valence electrons. The van der Waals surface area contributed by atoms with Crippen molar-refractivity contribution in [1.82, 2.24) is 4.98 Å². The number of amides is 1. The number of fused-ring (bicyclic) bond motifs is 3. The van der Waals surface area contributed by atoms with Gasteiger partial charge in [0.15, 0.2) is 10.6 Å². The monoisotopic (exact) mass is 430 g/mol. The Morgan fingerprint density at radius 1 is 1.07 bits per heavy atom. The van der Waals surface area contributed by atoms with Crippen LogP contribution in [0.4, 0.5) is 5.13 Å². The lowest BCUT2D eigenvalue weighted by molar-refractivity contribution is 0.0971. The van der Waals surface area contributed by atoms with Gasteiger partial charge in [-0.2, -0.15) is 0 Å². The molecule has 1 aliphatic rings. The van der Waals surface area contributed by atoms with Crippen LogP contribution >= 0.6 is 22.7 Å². The van der Waals surface area contributed by atoms with Crippen molar-refractivity contribution in [3.63, 3.8) is 0 Å². The van der Waals surface area contributed by atoms with Crippen molar-refractivity contribution in [2.75, 3.05) is 4.90 Å². The number of benzene rings is 2. The summed E-state index contributed by atoms with van der Waals surface area (Å²) in [6.07, 6.45) is 0. The van der Waals surface area contributed by atoms with Gasteiger partial charge in [-0.25, -0.2) is 4.98 Å². The SMILES string of the molecule is Cc1ccc2nc(N3C(=O)c4oc5ccccc5c(=O)c4C3c3cccs3)sc2c1. The molecule has 1 atom stereocenters. The van der Waals surface area contributed by atoms with Crippen molar-refractivity contribution >= 4 is 54.9 Å². The number of aromatic nitrogens is 1. The number of hydrogen-bond acceptors (Lipinski definition) is 6. The molecule has 5 nitrogen and oxygen atoms in total. The number of thiazole rings is 1. The average molecular weight is 431 g/mol. The van der Waals surface area contributed by atoms with Gasteiger partial charge in [0, 0.05) is 4.88 Å². The van der Waals surface area contributed by atoms with Crippen molar-refractivity contribution in [1.29, 1.82) is 0 Å². The second kappa shape index (κ2) is 6.35. The third kappa shape index (κ3) is 2.42. The van der Waals surface area contributed by atoms with E-state index in [4.69, 9.17) is 9.40 Å². The van der Waals surface area contributed by atoms with Crippen LogP contribution < -0.4 is 10.3 Å². The lowest BCUT2D eigenvalue weighted by atomic mass is 10.0. The van der Waals surface area contributed by atoms with E-state index in [1.54, 1.807) is 29.2 Å². The highest BCUT2D eigenvalue weighted by molar-refractivity contribution is 7.22. The van der Waals surface area contributed by atoms with Gasteiger partial charge in [-0.05, 0) is 48.2 Å². The first kappa shape index (κ1) is 17.6. The van der Waals surface area contributed by atoms with E-state index in [0.717, 1.165) is 20.7 Å². The molecule has 7 heteroatoms. The topological polar surface area (TPSA) is 63.4 Å². The van der Waals surface area contributed by atoms with E-state index in [1.165, 1.54) is 22.7 Å². The Kier molecular flexibility index (Phi) is 3.72. The van der Waals surface area contributed by atoms with Crippen molar-refractivity contribution in [2.45, 2.75) is 13.0 Å². The van der Waals surface area contributed by atoms with Gasteiger partial charge in [-0.1, -0.05) is 35.6 Å². The Hall–Kier alpha value is -3.29. The number of nitrogens with zero attached hydrogens (tertiary/aromatic N) is 2. The summed E-state index contributed by atoms with van der Waals surface area (Å²) in [5.74, 6) is -0.227. The summed E-state index contributed by atoms with van der Waals surface area (Å²) in [6, 6.07) is 16.4.